The van der Waals surface area contributed by atoms with Crippen molar-refractivity contribution in [1.29, 1.82) is 0 Å². The summed E-state index contributed by atoms with van der Waals surface area (Å²) in [6, 6.07) is 15.1. The van der Waals surface area contributed by atoms with E-state index >= 15 is 24.0 Å². The number of rotatable bonds is 6. The van der Waals surface area contributed by atoms with Gasteiger partial charge in [-0.1, -0.05) is 81.6 Å². The minimum absolute atomic E-state index is 0.00558. The van der Waals surface area contributed by atoms with Crippen LogP contribution in [0.4, 0.5) is 4.79 Å². The Morgan fingerprint density at radius 3 is 1.83 bits per heavy atom. The Labute approximate surface area is 602 Å². The largest absolute Gasteiger partial charge is 0.508 e. The van der Waals surface area contributed by atoms with E-state index in [1.807, 2.05) is 0 Å². The number of benzene rings is 8. The number of carbonyl (C=O) groups is 9. The quantitative estimate of drug-likeness (QED) is 0.0419. The molecule has 103 heavy (non-hydrogen) atoms. The fourth-order valence-electron chi connectivity index (χ4n) is 11.8. The van der Waals surface area contributed by atoms with E-state index in [2.05, 4.69) is 53.1 Å². The molecule has 28 nitrogen and oxygen atoms in total. The van der Waals surface area contributed by atoms with Crippen LogP contribution in [-0.4, -0.2) is 114 Å². The predicted octanol–water partition coefficient (Wildman–Crippen LogP) is 8.92. The standard InChI is InChI=1S/C72H60BrCl2N7O21/c1-72(2,3)103-71(97)82-56-34-11-14-47(86)51(25-34)99-40-22-36(21-38(83)28-40)57-66(92)79-58-37-26-52(100-49-15-9-31(19-43(49)74)20-45(63(89)77-57)76-64(56)90)62(98-18-17-73)53(27-37)101-50-16-12-35(24-44(50)75)61(88)60-68(94)80-59(70(96)102-69(95)32-7-5-4-6-8-32)42-29-39(84)30-48(87)54(42)41-23-33(10-13-46(41)85)55(65(91)81-60)78-67(58)93/h4-16,19,21-30,45,55-61,83-88H,17-18,20H2,1-3H3,(H,76,90)(H,77,89)(H,78,93)(H,79,92)(H,80,94)(H,81,91)(H,82,97)/t45-,55-,56-,57+,58-,59-,60+,61-/m1/s1. The molecule has 0 radical (unpaired) electrons. The second-order valence-corrected chi connectivity index (χ2v) is 26.6. The zero-order valence-corrected chi connectivity index (χ0v) is 57.1. The first-order chi connectivity index (χ1) is 49.1. The van der Waals surface area contributed by atoms with Crippen molar-refractivity contribution in [1.82, 2.24) is 37.2 Å². The van der Waals surface area contributed by atoms with Crippen molar-refractivity contribution in [2.24, 2.45) is 0 Å². The number of esters is 2. The number of phenols is 5. The van der Waals surface area contributed by atoms with Crippen LogP contribution in [0.25, 0.3) is 11.1 Å². The van der Waals surface area contributed by atoms with Crippen LogP contribution >= 0.6 is 39.1 Å². The molecule has 8 aromatic carbocycles. The maximum absolute atomic E-state index is 16.2. The fourth-order valence-corrected chi connectivity index (χ4v) is 12.5. The lowest BCUT2D eigenvalue weighted by Crippen LogP contribution is -2.55. The van der Waals surface area contributed by atoms with Gasteiger partial charge in [-0.15, -0.1) is 0 Å². The van der Waals surface area contributed by atoms with Gasteiger partial charge in [-0.05, 0) is 145 Å². The van der Waals surface area contributed by atoms with Crippen molar-refractivity contribution >= 4 is 92.6 Å². The summed E-state index contributed by atoms with van der Waals surface area (Å²) < 4.78 is 36.4. The van der Waals surface area contributed by atoms with E-state index in [1.54, 1.807) is 26.8 Å². The molecule has 0 fully saturated rings. The molecule has 0 spiro atoms. The highest BCUT2D eigenvalue weighted by Crippen LogP contribution is 2.49. The number of alkyl carbamates (subject to hydrolysis) is 1. The van der Waals surface area contributed by atoms with Gasteiger partial charge in [-0.3, -0.25) is 28.8 Å². The number of halogens is 3. The van der Waals surface area contributed by atoms with Crippen LogP contribution in [0.2, 0.25) is 10.0 Å². The number of aliphatic hydroxyl groups excluding tert-OH is 1. The molecule has 530 valence electrons. The maximum Gasteiger partial charge on any atom is 0.408 e. The number of alkyl halides is 1. The molecule has 6 aliphatic rings. The number of hydrogen-bond acceptors (Lipinski definition) is 21. The molecular formula is C72H60BrCl2N7O21. The van der Waals surface area contributed by atoms with Crippen LogP contribution in [0.15, 0.2) is 146 Å². The third-order valence-electron chi connectivity index (χ3n) is 16.6. The lowest BCUT2D eigenvalue weighted by Gasteiger charge is -2.31. The van der Waals surface area contributed by atoms with E-state index in [9.17, 15) is 49.8 Å². The molecule has 0 aliphatic carbocycles. The van der Waals surface area contributed by atoms with Gasteiger partial charge in [0.15, 0.2) is 29.0 Å². The molecule has 17 bridgehead atoms. The average molecular weight is 1510 g/mol. The molecule has 0 unspecified atom stereocenters. The summed E-state index contributed by atoms with van der Waals surface area (Å²) in [5.41, 5.74) is -3.49. The Morgan fingerprint density at radius 2 is 1.17 bits per heavy atom. The topological polar surface area (TPSA) is 415 Å². The summed E-state index contributed by atoms with van der Waals surface area (Å²) in [7, 11) is 0. The molecule has 0 saturated heterocycles. The normalized spacial score (nSPS) is 20.2. The fraction of sp³-hybridized carbons (Fsp3) is 0.208. The summed E-state index contributed by atoms with van der Waals surface area (Å²) in [4.78, 5) is 135. The Kier molecular flexibility index (Phi) is 20.0. The first kappa shape index (κ1) is 71.1. The second kappa shape index (κ2) is 29.0. The summed E-state index contributed by atoms with van der Waals surface area (Å²) in [5.74, 6) is -15.4. The SMILES string of the molecule is CC(C)(C)OC(=O)N[C@H]1C(=O)N[C@@H]2Cc3ccc(c(Cl)c3)Oc3cc4cc(c3OCCBr)Oc3ccc(cc3Cl)[C@@H](O)[C@@H]3NC(=O)[C@H](NC(=O)[C@@H]4NC(=O)[C@@H](NC2=O)c2cc(O)cc(c2)Oc2cc1ccc2O)c1ccc(O)c(c1)-c1c(O)cc(O)cc1[C@H](C(=O)OC(=O)c1ccccc1)NC3=O. The number of phenolic OH excluding ortho intramolecular Hbond substituents is 5. The maximum atomic E-state index is 16.2. The van der Waals surface area contributed by atoms with E-state index in [0.29, 0.717) is 0 Å². The molecular weight excluding hydrogens is 1450 g/mol. The van der Waals surface area contributed by atoms with Crippen molar-refractivity contribution in [3.05, 3.63) is 200 Å². The van der Waals surface area contributed by atoms with Gasteiger partial charge in [0.1, 0.15) is 88.2 Å². The van der Waals surface area contributed by atoms with Gasteiger partial charge < -0.3 is 96.3 Å². The van der Waals surface area contributed by atoms with E-state index in [1.165, 1.54) is 84.9 Å². The van der Waals surface area contributed by atoms with E-state index in [0.717, 1.165) is 54.6 Å². The molecule has 0 aromatic heterocycles. The van der Waals surface area contributed by atoms with Crippen LogP contribution in [0, 0.1) is 0 Å². The Morgan fingerprint density at radius 1 is 0.563 bits per heavy atom. The van der Waals surface area contributed by atoms with Crippen LogP contribution < -0.4 is 56.2 Å². The third kappa shape index (κ3) is 15.4. The number of ether oxygens (including phenoxy) is 6. The number of aromatic hydroxyl groups is 5. The number of carbonyl (C=O) groups excluding carboxylic acids is 9. The molecule has 31 heteroatoms. The highest BCUT2D eigenvalue weighted by atomic mass is 79.9. The van der Waals surface area contributed by atoms with Crippen LogP contribution in [0.1, 0.15) is 106 Å². The monoisotopic (exact) mass is 1510 g/mol. The number of fused-ring (bicyclic) bond motifs is 14. The van der Waals surface area contributed by atoms with Crippen LogP contribution in [0.5, 0.6) is 69.0 Å². The average Bonchev–Trinajstić information content (AvgIpc) is 0.767. The molecule has 8 aromatic rings. The molecule has 6 heterocycles. The molecule has 7 amide bonds. The Hall–Kier alpha value is -11.8. The van der Waals surface area contributed by atoms with Gasteiger partial charge in [-0.2, -0.15) is 0 Å². The van der Waals surface area contributed by atoms with Crippen LogP contribution in [-0.2, 0) is 49.5 Å². The summed E-state index contributed by atoms with van der Waals surface area (Å²) in [6.45, 7) is 4.62. The third-order valence-corrected chi connectivity index (χ3v) is 17.5. The number of nitrogens with one attached hydrogen (secondary N) is 7. The lowest BCUT2D eigenvalue weighted by atomic mass is 9.89. The van der Waals surface area contributed by atoms with Crippen molar-refractivity contribution in [3.63, 3.8) is 0 Å². The van der Waals surface area contributed by atoms with Crippen molar-refractivity contribution in [2.75, 3.05) is 11.9 Å². The zero-order chi connectivity index (χ0) is 73.5. The van der Waals surface area contributed by atoms with Gasteiger partial charge in [0.2, 0.25) is 41.2 Å². The second-order valence-electron chi connectivity index (χ2n) is 25.0. The van der Waals surface area contributed by atoms with Gasteiger partial charge in [0, 0.05) is 40.6 Å². The molecule has 6 aliphatic heterocycles. The minimum Gasteiger partial charge on any atom is -0.508 e. The van der Waals surface area contributed by atoms with Gasteiger partial charge in [0.25, 0.3) is 0 Å². The van der Waals surface area contributed by atoms with Crippen LogP contribution in [0.3, 0.4) is 0 Å². The van der Waals surface area contributed by atoms with Crippen molar-refractivity contribution in [3.8, 4) is 80.1 Å². The van der Waals surface area contributed by atoms with Crippen molar-refractivity contribution in [2.45, 2.75) is 81.2 Å². The Bertz CT molecular complexity index is 4830. The predicted molar refractivity (Wildman–Crippen MR) is 367 cm³/mol. The van der Waals surface area contributed by atoms with E-state index < -0.39 is 159 Å². The lowest BCUT2D eigenvalue weighted by molar-refractivity contribution is -0.144. The Balaban J connectivity index is 1.07. The summed E-state index contributed by atoms with van der Waals surface area (Å²) in [6.07, 6.45) is -3.69. The van der Waals surface area contributed by atoms with Gasteiger partial charge in [-0.25, -0.2) is 14.4 Å². The smallest absolute Gasteiger partial charge is 0.408 e. The van der Waals surface area contributed by atoms with Gasteiger partial charge >= 0.3 is 18.0 Å². The molecule has 14 rings (SSSR count). The minimum atomic E-state index is -2.27. The van der Waals surface area contributed by atoms with Gasteiger partial charge in [0.05, 0.1) is 22.2 Å². The van der Waals surface area contributed by atoms with E-state index in [-0.39, 0.29) is 101 Å². The summed E-state index contributed by atoms with van der Waals surface area (Å²) >= 11 is 17.5. The number of aliphatic hydroxyl groups is 1. The molecule has 13 N–H and O–H groups in total. The highest BCUT2D eigenvalue weighted by Gasteiger charge is 2.43. The number of amides is 7. The molecule has 0 saturated carbocycles. The first-order valence-electron chi connectivity index (χ1n) is 31.4. The molecule has 8 atom stereocenters. The zero-order valence-electron chi connectivity index (χ0n) is 54.0. The summed E-state index contributed by atoms with van der Waals surface area (Å²) in [5, 5.41) is 87.7. The van der Waals surface area contributed by atoms with Crippen molar-refractivity contribution < 1.29 is 102 Å². The van der Waals surface area contributed by atoms with E-state index in [4.69, 9.17) is 51.6 Å². The first-order valence-corrected chi connectivity index (χ1v) is 33.3. The highest BCUT2D eigenvalue weighted by molar-refractivity contribution is 9.09. The number of hydrogen-bond donors (Lipinski definition) is 13.